The molecule has 0 saturated heterocycles. The van der Waals surface area contributed by atoms with Crippen molar-refractivity contribution in [1.82, 2.24) is 4.98 Å². The summed E-state index contributed by atoms with van der Waals surface area (Å²) in [6.45, 7) is 1.26. The van der Waals surface area contributed by atoms with Gasteiger partial charge in [0.1, 0.15) is 11.4 Å². The molecule has 1 aromatic carbocycles. The number of methoxy groups -OCH3 is 1. The summed E-state index contributed by atoms with van der Waals surface area (Å²) in [5.74, 6) is -1.82. The Morgan fingerprint density at radius 1 is 1.09 bits per heavy atom. The molecule has 2 aromatic rings. The lowest BCUT2D eigenvalue weighted by Crippen LogP contribution is -2.36. The second-order valence-electron chi connectivity index (χ2n) is 4.65. The van der Waals surface area contributed by atoms with Gasteiger partial charge in [0.2, 0.25) is 5.91 Å². The van der Waals surface area contributed by atoms with Gasteiger partial charge in [0.15, 0.2) is 0 Å². The Morgan fingerprint density at radius 2 is 1.74 bits per heavy atom. The number of rotatable bonds is 3. The number of carbonyl (C=O) groups excluding carboxylic acids is 3. The summed E-state index contributed by atoms with van der Waals surface area (Å²) in [5.41, 5.74) is 6.36. The third-order valence-corrected chi connectivity index (χ3v) is 3.01. The van der Waals surface area contributed by atoms with Gasteiger partial charge in [-0.1, -0.05) is 12.1 Å². The third kappa shape index (κ3) is 3.52. The number of nitrogen functional groups attached to an aromatic ring is 1. The molecule has 0 aliphatic rings. The van der Waals surface area contributed by atoms with E-state index in [9.17, 15) is 14.4 Å². The van der Waals surface area contributed by atoms with Crippen LogP contribution in [-0.2, 0) is 9.53 Å². The average molecular weight is 313 g/mol. The fourth-order valence-electron chi connectivity index (χ4n) is 1.99. The lowest BCUT2D eigenvalue weighted by molar-refractivity contribution is -0.115. The number of hydrogen-bond acceptors (Lipinski definition) is 6. The number of nitrogens with two attached hydrogens (primary N) is 1. The molecular formula is C16H15N3O4. The number of ether oxygens (including phenoxy) is 1. The van der Waals surface area contributed by atoms with Crippen LogP contribution in [0.1, 0.15) is 27.9 Å². The Bertz CT molecular complexity index is 773. The first-order valence-electron chi connectivity index (χ1n) is 6.70. The molecule has 0 fully saturated rings. The lowest BCUT2D eigenvalue weighted by Gasteiger charge is -2.19. The zero-order valence-electron chi connectivity index (χ0n) is 12.6. The van der Waals surface area contributed by atoms with Crippen LogP contribution in [0.25, 0.3) is 0 Å². The number of pyridine rings is 1. The van der Waals surface area contributed by atoms with Crippen molar-refractivity contribution >= 4 is 29.2 Å². The van der Waals surface area contributed by atoms with Gasteiger partial charge in [0, 0.05) is 12.6 Å². The van der Waals surface area contributed by atoms with Gasteiger partial charge < -0.3 is 10.5 Å². The quantitative estimate of drug-likeness (QED) is 0.682. The van der Waals surface area contributed by atoms with Crippen LogP contribution in [0.3, 0.4) is 0 Å². The number of benzene rings is 1. The van der Waals surface area contributed by atoms with E-state index in [-0.39, 0.29) is 11.4 Å². The summed E-state index contributed by atoms with van der Waals surface area (Å²) in [6.07, 6.45) is 0. The monoisotopic (exact) mass is 313 g/mol. The van der Waals surface area contributed by atoms with Crippen molar-refractivity contribution in [2.45, 2.75) is 6.92 Å². The van der Waals surface area contributed by atoms with Gasteiger partial charge in [-0.05, 0) is 30.3 Å². The minimum absolute atomic E-state index is 0.0190. The molecule has 1 aromatic heterocycles. The molecule has 0 aliphatic heterocycles. The van der Waals surface area contributed by atoms with E-state index in [1.54, 1.807) is 18.2 Å². The van der Waals surface area contributed by atoms with Gasteiger partial charge in [0.25, 0.3) is 5.91 Å². The summed E-state index contributed by atoms with van der Waals surface area (Å²) < 4.78 is 4.57. The minimum Gasteiger partial charge on any atom is -0.464 e. The SMILES string of the molecule is COC(=O)c1cccc(C(=O)N(C(C)=O)c2cccc(N)c2)n1. The molecule has 2 rings (SSSR count). The molecule has 0 bridgehead atoms. The van der Waals surface area contributed by atoms with E-state index >= 15 is 0 Å². The van der Waals surface area contributed by atoms with E-state index in [0.717, 1.165) is 4.90 Å². The van der Waals surface area contributed by atoms with Crippen molar-refractivity contribution in [2.24, 2.45) is 0 Å². The van der Waals surface area contributed by atoms with Gasteiger partial charge in [-0.3, -0.25) is 9.59 Å². The lowest BCUT2D eigenvalue weighted by atomic mass is 10.2. The number of anilines is 2. The fraction of sp³-hybridized carbons (Fsp3) is 0.125. The molecule has 2 amide bonds. The van der Waals surface area contributed by atoms with Crippen molar-refractivity contribution in [3.8, 4) is 0 Å². The summed E-state index contributed by atoms with van der Waals surface area (Å²) in [5, 5.41) is 0. The molecule has 0 atom stereocenters. The van der Waals surface area contributed by atoms with Crippen molar-refractivity contribution in [1.29, 1.82) is 0 Å². The smallest absolute Gasteiger partial charge is 0.356 e. The number of amides is 2. The van der Waals surface area contributed by atoms with Crippen LogP contribution in [0.5, 0.6) is 0 Å². The normalized spacial score (nSPS) is 10.0. The van der Waals surface area contributed by atoms with Crippen molar-refractivity contribution < 1.29 is 19.1 Å². The number of carbonyl (C=O) groups is 3. The Hall–Kier alpha value is -3.22. The van der Waals surface area contributed by atoms with E-state index in [1.807, 2.05) is 0 Å². The highest BCUT2D eigenvalue weighted by Gasteiger charge is 2.24. The first-order chi connectivity index (χ1) is 10.9. The molecule has 0 unspecified atom stereocenters. The van der Waals surface area contributed by atoms with Crippen LogP contribution < -0.4 is 10.6 Å². The molecule has 0 saturated carbocycles. The molecule has 23 heavy (non-hydrogen) atoms. The molecule has 7 nitrogen and oxygen atoms in total. The molecule has 0 radical (unpaired) electrons. The third-order valence-electron chi connectivity index (χ3n) is 3.01. The Morgan fingerprint density at radius 3 is 2.35 bits per heavy atom. The van der Waals surface area contributed by atoms with E-state index in [2.05, 4.69) is 9.72 Å². The minimum atomic E-state index is -0.669. The summed E-state index contributed by atoms with van der Waals surface area (Å²) in [6, 6.07) is 10.7. The highest BCUT2D eigenvalue weighted by molar-refractivity contribution is 6.20. The first-order valence-corrected chi connectivity index (χ1v) is 6.70. The Labute approximate surface area is 132 Å². The molecule has 2 N–H and O–H groups in total. The van der Waals surface area contributed by atoms with Crippen molar-refractivity contribution in [3.63, 3.8) is 0 Å². The van der Waals surface area contributed by atoms with E-state index < -0.39 is 17.8 Å². The molecule has 0 spiro atoms. The zero-order valence-corrected chi connectivity index (χ0v) is 12.6. The highest BCUT2D eigenvalue weighted by Crippen LogP contribution is 2.20. The van der Waals surface area contributed by atoms with Gasteiger partial charge in [-0.15, -0.1) is 0 Å². The summed E-state index contributed by atoms with van der Waals surface area (Å²) >= 11 is 0. The van der Waals surface area contributed by atoms with Crippen LogP contribution in [-0.4, -0.2) is 29.9 Å². The molecular weight excluding hydrogens is 298 g/mol. The van der Waals surface area contributed by atoms with Gasteiger partial charge >= 0.3 is 5.97 Å². The summed E-state index contributed by atoms with van der Waals surface area (Å²) in [4.78, 5) is 40.9. The van der Waals surface area contributed by atoms with Crippen molar-refractivity contribution in [2.75, 3.05) is 17.7 Å². The molecule has 118 valence electrons. The van der Waals surface area contributed by atoms with E-state index in [4.69, 9.17) is 5.73 Å². The zero-order chi connectivity index (χ0) is 17.0. The molecule has 1 heterocycles. The maximum atomic E-state index is 12.6. The predicted molar refractivity (Wildman–Crippen MR) is 83.9 cm³/mol. The maximum Gasteiger partial charge on any atom is 0.356 e. The van der Waals surface area contributed by atoms with Crippen LogP contribution in [0, 0.1) is 0 Å². The Balaban J connectivity index is 2.43. The van der Waals surface area contributed by atoms with Crippen LogP contribution in [0.2, 0.25) is 0 Å². The fourth-order valence-corrected chi connectivity index (χ4v) is 1.99. The topological polar surface area (TPSA) is 103 Å². The number of aromatic nitrogens is 1. The van der Waals surface area contributed by atoms with E-state index in [1.165, 1.54) is 38.3 Å². The van der Waals surface area contributed by atoms with Crippen LogP contribution >= 0.6 is 0 Å². The van der Waals surface area contributed by atoms with Crippen molar-refractivity contribution in [3.05, 3.63) is 53.9 Å². The number of nitrogens with zero attached hydrogens (tertiary/aromatic N) is 2. The molecule has 7 heteroatoms. The van der Waals surface area contributed by atoms with Gasteiger partial charge in [0.05, 0.1) is 12.8 Å². The number of esters is 1. The van der Waals surface area contributed by atoms with Gasteiger partial charge in [-0.2, -0.15) is 0 Å². The van der Waals surface area contributed by atoms with Crippen LogP contribution in [0.4, 0.5) is 11.4 Å². The molecule has 0 aliphatic carbocycles. The number of hydrogen-bond donors (Lipinski definition) is 1. The average Bonchev–Trinajstić information content (AvgIpc) is 2.54. The largest absolute Gasteiger partial charge is 0.464 e. The van der Waals surface area contributed by atoms with Gasteiger partial charge in [-0.25, -0.2) is 14.7 Å². The predicted octanol–water partition coefficient (Wildman–Crippen LogP) is 1.64. The number of imide groups is 1. The second-order valence-corrected chi connectivity index (χ2v) is 4.65. The van der Waals surface area contributed by atoms with E-state index in [0.29, 0.717) is 11.4 Å². The standard InChI is InChI=1S/C16H15N3O4/c1-10(20)19(12-6-3-5-11(17)9-12)15(21)13-7-4-8-14(18-13)16(22)23-2/h3-9H,17H2,1-2H3. The highest BCUT2D eigenvalue weighted by atomic mass is 16.5. The Kier molecular flexibility index (Phi) is 4.70. The maximum absolute atomic E-state index is 12.6. The summed E-state index contributed by atoms with van der Waals surface area (Å²) in [7, 11) is 1.22. The first kappa shape index (κ1) is 16.2. The van der Waals surface area contributed by atoms with Crippen LogP contribution in [0.15, 0.2) is 42.5 Å². The second kappa shape index (κ2) is 6.69.